The Kier molecular flexibility index (Phi) is 4.05. The fourth-order valence-corrected chi connectivity index (χ4v) is 2.09. The third kappa shape index (κ3) is 3.37. The van der Waals surface area contributed by atoms with Gasteiger partial charge in [0.15, 0.2) is 0 Å². The number of hydrogen-bond acceptors (Lipinski definition) is 6. The first-order valence-electron chi connectivity index (χ1n) is 6.74. The van der Waals surface area contributed by atoms with Crippen LogP contribution in [0.15, 0.2) is 41.0 Å². The van der Waals surface area contributed by atoms with Crippen molar-refractivity contribution in [1.82, 2.24) is 20.6 Å². The van der Waals surface area contributed by atoms with Gasteiger partial charge in [0, 0.05) is 12.8 Å². The maximum atomic E-state index is 13.6. The number of carbonyl (C=O) groups is 2. The summed E-state index contributed by atoms with van der Waals surface area (Å²) in [6.45, 7) is 0. The van der Waals surface area contributed by atoms with Gasteiger partial charge in [-0.25, -0.2) is 4.39 Å². The van der Waals surface area contributed by atoms with Gasteiger partial charge in [-0.05, 0) is 28.5 Å². The van der Waals surface area contributed by atoms with E-state index in [4.69, 9.17) is 4.42 Å². The van der Waals surface area contributed by atoms with Crippen LogP contribution in [0.1, 0.15) is 27.5 Å². The highest BCUT2D eigenvalue weighted by atomic mass is 19.1. The molecule has 2 heterocycles. The van der Waals surface area contributed by atoms with Gasteiger partial charge in [-0.15, -0.1) is 10.2 Å². The number of H-pyrrole nitrogens is 1. The van der Waals surface area contributed by atoms with Crippen LogP contribution in [0.25, 0.3) is 0 Å². The minimum absolute atomic E-state index is 0.145. The lowest BCUT2D eigenvalue weighted by molar-refractivity contribution is -0.114. The summed E-state index contributed by atoms with van der Waals surface area (Å²) in [5.74, 6) is -1.59. The number of aromatic amines is 1. The number of carbonyl (C=O) groups excluding carboxylic acids is 2. The highest BCUT2D eigenvalue weighted by molar-refractivity contribution is 6.43. The number of aromatic nitrogens is 4. The molecular formula is C15H11FN4O3. The third-order valence-electron chi connectivity index (χ3n) is 3.20. The average molecular weight is 314 g/mol. The summed E-state index contributed by atoms with van der Waals surface area (Å²) >= 11 is 0. The molecule has 3 rings (SSSR count). The fraction of sp³-hybridized carbons (Fsp3) is 0.133. The zero-order valence-corrected chi connectivity index (χ0v) is 11.8. The summed E-state index contributed by atoms with van der Waals surface area (Å²) in [4.78, 5) is 23.6. The maximum absolute atomic E-state index is 13.6. The molecule has 3 aromatic rings. The zero-order valence-electron chi connectivity index (χ0n) is 11.8. The van der Waals surface area contributed by atoms with Crippen molar-refractivity contribution in [2.24, 2.45) is 0 Å². The minimum atomic E-state index is -0.824. The van der Waals surface area contributed by atoms with Gasteiger partial charge in [-0.1, -0.05) is 18.2 Å². The molecular weight excluding hydrogens is 303 g/mol. The number of rotatable bonds is 6. The quantitative estimate of drug-likeness (QED) is 0.546. The highest BCUT2D eigenvalue weighted by Crippen LogP contribution is 2.16. The second-order valence-corrected chi connectivity index (χ2v) is 4.85. The molecule has 0 saturated carbocycles. The molecule has 0 radical (unpaired) electrons. The number of nitrogens with zero attached hydrogens (tertiary/aromatic N) is 3. The Morgan fingerprint density at radius 3 is 2.83 bits per heavy atom. The topological polar surface area (TPSA) is 102 Å². The number of halogens is 1. The zero-order chi connectivity index (χ0) is 16.2. The number of ketones is 2. The molecule has 0 aliphatic rings. The Morgan fingerprint density at radius 1 is 1.26 bits per heavy atom. The Labute approximate surface area is 129 Å². The van der Waals surface area contributed by atoms with Gasteiger partial charge in [0.2, 0.25) is 11.6 Å². The first-order chi connectivity index (χ1) is 11.1. The molecule has 0 atom stereocenters. The van der Waals surface area contributed by atoms with Gasteiger partial charge >= 0.3 is 0 Å². The van der Waals surface area contributed by atoms with E-state index < -0.39 is 11.6 Å². The van der Waals surface area contributed by atoms with E-state index in [0.717, 1.165) is 0 Å². The normalized spacial score (nSPS) is 10.7. The lowest BCUT2D eigenvalue weighted by Gasteiger charge is -1.99. The van der Waals surface area contributed by atoms with Crippen molar-refractivity contribution < 1.29 is 18.4 Å². The summed E-state index contributed by atoms with van der Waals surface area (Å²) < 4.78 is 18.9. The predicted octanol–water partition coefficient (Wildman–Crippen LogP) is 1.52. The van der Waals surface area contributed by atoms with E-state index in [1.54, 1.807) is 24.3 Å². The second-order valence-electron chi connectivity index (χ2n) is 4.85. The molecule has 1 N–H and O–H groups in total. The molecule has 23 heavy (non-hydrogen) atoms. The largest absolute Gasteiger partial charge is 0.469 e. The molecule has 0 spiro atoms. The monoisotopic (exact) mass is 314 g/mol. The van der Waals surface area contributed by atoms with Gasteiger partial charge in [0.25, 0.3) is 5.78 Å². The van der Waals surface area contributed by atoms with E-state index >= 15 is 0 Å². The molecule has 0 fully saturated rings. The van der Waals surface area contributed by atoms with Crippen LogP contribution in [0.5, 0.6) is 0 Å². The van der Waals surface area contributed by atoms with Gasteiger partial charge in [0.05, 0.1) is 6.26 Å². The van der Waals surface area contributed by atoms with Crippen LogP contribution in [0.4, 0.5) is 4.39 Å². The second kappa shape index (κ2) is 6.30. The third-order valence-corrected chi connectivity index (χ3v) is 3.20. The van der Waals surface area contributed by atoms with Gasteiger partial charge in [0.1, 0.15) is 11.6 Å². The standard InChI is InChI=1S/C15H11FN4O3/c16-12-4-2-1-3-10(12)7-11-5-9(8-23-11)6-13(21)14(22)15-17-19-20-18-15/h1-5,8H,6-7H2,(H,17,18,19,20). The van der Waals surface area contributed by atoms with E-state index in [1.807, 2.05) is 0 Å². The summed E-state index contributed by atoms with van der Waals surface area (Å²) in [5.41, 5.74) is 1.01. The molecule has 8 heteroatoms. The van der Waals surface area contributed by atoms with Crippen LogP contribution in [0.3, 0.4) is 0 Å². The number of tetrazole rings is 1. The van der Waals surface area contributed by atoms with Crippen molar-refractivity contribution in [3.05, 3.63) is 65.1 Å². The fourth-order valence-electron chi connectivity index (χ4n) is 2.09. The first kappa shape index (κ1) is 14.8. The van der Waals surface area contributed by atoms with Crippen LogP contribution in [-0.4, -0.2) is 32.2 Å². The van der Waals surface area contributed by atoms with Crippen LogP contribution >= 0.6 is 0 Å². The maximum Gasteiger partial charge on any atom is 0.269 e. The summed E-state index contributed by atoms with van der Waals surface area (Å²) in [6.07, 6.45) is 1.49. The molecule has 0 unspecified atom stereocenters. The Hall–Kier alpha value is -3.16. The molecule has 2 aromatic heterocycles. The summed E-state index contributed by atoms with van der Waals surface area (Å²) in [7, 11) is 0. The first-order valence-corrected chi connectivity index (χ1v) is 6.74. The lowest BCUT2D eigenvalue weighted by atomic mass is 10.1. The van der Waals surface area contributed by atoms with Gasteiger partial charge in [-0.2, -0.15) is 5.21 Å². The average Bonchev–Trinajstić information content (AvgIpc) is 3.21. The van der Waals surface area contributed by atoms with Crippen molar-refractivity contribution in [3.8, 4) is 0 Å². The molecule has 7 nitrogen and oxygen atoms in total. The number of furan rings is 1. The van der Waals surface area contributed by atoms with E-state index in [1.165, 1.54) is 12.3 Å². The van der Waals surface area contributed by atoms with Crippen molar-refractivity contribution in [3.63, 3.8) is 0 Å². The van der Waals surface area contributed by atoms with Crippen LogP contribution in [0, 0.1) is 5.82 Å². The highest BCUT2D eigenvalue weighted by Gasteiger charge is 2.21. The smallest absolute Gasteiger partial charge is 0.269 e. The molecule has 116 valence electrons. The number of nitrogens with one attached hydrogen (secondary N) is 1. The lowest BCUT2D eigenvalue weighted by Crippen LogP contribution is -2.18. The molecule has 1 aromatic carbocycles. The molecule has 0 amide bonds. The molecule has 0 saturated heterocycles. The Morgan fingerprint density at radius 2 is 2.09 bits per heavy atom. The molecule has 0 aliphatic carbocycles. The van der Waals surface area contributed by atoms with Crippen molar-refractivity contribution in [2.75, 3.05) is 0 Å². The van der Waals surface area contributed by atoms with Crippen LogP contribution < -0.4 is 0 Å². The molecule has 0 aliphatic heterocycles. The Bertz CT molecular complexity index is 842. The van der Waals surface area contributed by atoms with E-state index in [9.17, 15) is 14.0 Å². The van der Waals surface area contributed by atoms with E-state index in [0.29, 0.717) is 16.9 Å². The molecule has 0 bridgehead atoms. The van der Waals surface area contributed by atoms with Crippen molar-refractivity contribution in [1.29, 1.82) is 0 Å². The van der Waals surface area contributed by atoms with Crippen molar-refractivity contribution in [2.45, 2.75) is 12.8 Å². The van der Waals surface area contributed by atoms with E-state index in [2.05, 4.69) is 20.6 Å². The van der Waals surface area contributed by atoms with Gasteiger partial charge < -0.3 is 4.42 Å². The number of Topliss-reactive ketones (excluding diaryl/α,β-unsaturated/α-hetero) is 2. The number of hydrogen-bond donors (Lipinski definition) is 1. The minimum Gasteiger partial charge on any atom is -0.469 e. The summed E-state index contributed by atoms with van der Waals surface area (Å²) in [5, 5.41) is 12.3. The Balaban J connectivity index is 1.67. The summed E-state index contributed by atoms with van der Waals surface area (Å²) in [6, 6.07) is 7.98. The van der Waals surface area contributed by atoms with Gasteiger partial charge in [-0.3, -0.25) is 9.59 Å². The van der Waals surface area contributed by atoms with Crippen LogP contribution in [0.2, 0.25) is 0 Å². The van der Waals surface area contributed by atoms with Crippen LogP contribution in [-0.2, 0) is 17.6 Å². The van der Waals surface area contributed by atoms with E-state index in [-0.39, 0.29) is 24.5 Å². The number of benzene rings is 1. The predicted molar refractivity (Wildman–Crippen MR) is 75.1 cm³/mol. The SMILES string of the molecule is O=C(Cc1coc(Cc2ccccc2F)c1)C(=O)c1nn[nH]n1. The van der Waals surface area contributed by atoms with Crippen molar-refractivity contribution >= 4 is 11.6 Å².